The van der Waals surface area contributed by atoms with Crippen LogP contribution < -0.4 is 16.0 Å². The predicted molar refractivity (Wildman–Crippen MR) is 94.1 cm³/mol. The van der Waals surface area contributed by atoms with Gasteiger partial charge in [-0.1, -0.05) is 18.2 Å². The molecule has 2 atom stereocenters. The lowest BCUT2D eigenvalue weighted by Crippen LogP contribution is -2.45. The van der Waals surface area contributed by atoms with Crippen LogP contribution in [0.4, 0.5) is 5.69 Å². The summed E-state index contributed by atoms with van der Waals surface area (Å²) in [6.45, 7) is 2.95. The summed E-state index contributed by atoms with van der Waals surface area (Å²) in [4.78, 5) is 14.1. The van der Waals surface area contributed by atoms with E-state index in [2.05, 4.69) is 22.3 Å². The minimum absolute atomic E-state index is 0. The van der Waals surface area contributed by atoms with Crippen LogP contribution in [0.2, 0.25) is 0 Å². The van der Waals surface area contributed by atoms with Crippen LogP contribution in [0.1, 0.15) is 6.42 Å². The van der Waals surface area contributed by atoms with Crippen molar-refractivity contribution in [2.24, 2.45) is 11.7 Å². The van der Waals surface area contributed by atoms with Gasteiger partial charge in [0.2, 0.25) is 5.91 Å². The van der Waals surface area contributed by atoms with E-state index in [4.69, 9.17) is 10.5 Å². The fraction of sp³-hybridized carbons (Fsp3) is 0.533. The van der Waals surface area contributed by atoms with Crippen molar-refractivity contribution in [2.75, 3.05) is 38.3 Å². The number of benzene rings is 1. The molecule has 1 aliphatic rings. The number of anilines is 1. The van der Waals surface area contributed by atoms with Gasteiger partial charge in [0.25, 0.3) is 0 Å². The second-order valence-corrected chi connectivity index (χ2v) is 5.24. The number of carbonyl (C=O) groups excluding carboxylic acids is 1. The average molecular weight is 350 g/mol. The Balaban J connectivity index is 0.00000220. The van der Waals surface area contributed by atoms with Crippen molar-refractivity contribution in [2.45, 2.75) is 12.5 Å². The van der Waals surface area contributed by atoms with E-state index in [9.17, 15) is 4.79 Å². The van der Waals surface area contributed by atoms with Gasteiger partial charge in [-0.25, -0.2) is 0 Å². The van der Waals surface area contributed by atoms with E-state index in [1.54, 1.807) is 7.11 Å². The summed E-state index contributed by atoms with van der Waals surface area (Å²) in [7, 11) is 1.54. The average Bonchev–Trinajstić information content (AvgIpc) is 2.95. The Labute approximate surface area is 144 Å². The predicted octanol–water partition coefficient (Wildman–Crippen LogP) is 1.45. The van der Waals surface area contributed by atoms with E-state index < -0.39 is 6.04 Å². The van der Waals surface area contributed by atoms with E-state index in [-0.39, 0.29) is 37.3 Å². The van der Waals surface area contributed by atoms with Gasteiger partial charge in [0.1, 0.15) is 6.04 Å². The Hall–Kier alpha value is -1.01. The van der Waals surface area contributed by atoms with Crippen LogP contribution in [-0.4, -0.2) is 45.3 Å². The maximum absolute atomic E-state index is 11.7. The number of hydrogen-bond acceptors (Lipinski definition) is 4. The quantitative estimate of drug-likeness (QED) is 0.815. The van der Waals surface area contributed by atoms with Crippen LogP contribution in [-0.2, 0) is 9.53 Å². The first kappa shape index (κ1) is 21.0. The van der Waals surface area contributed by atoms with Crippen molar-refractivity contribution < 1.29 is 9.53 Å². The van der Waals surface area contributed by atoms with Gasteiger partial charge in [-0.15, -0.1) is 24.8 Å². The molecule has 3 N–H and O–H groups in total. The molecule has 126 valence electrons. The van der Waals surface area contributed by atoms with Gasteiger partial charge in [0, 0.05) is 32.4 Å². The van der Waals surface area contributed by atoms with Crippen molar-refractivity contribution in [3.8, 4) is 0 Å². The highest BCUT2D eigenvalue weighted by Crippen LogP contribution is 2.22. The molecule has 0 spiro atoms. The van der Waals surface area contributed by atoms with Crippen molar-refractivity contribution in [3.05, 3.63) is 30.3 Å². The minimum Gasteiger partial charge on any atom is -0.383 e. The fourth-order valence-electron chi connectivity index (χ4n) is 2.50. The molecule has 0 bridgehead atoms. The molecule has 1 aliphatic heterocycles. The Kier molecular flexibility index (Phi) is 10.2. The molecule has 0 aliphatic carbocycles. The van der Waals surface area contributed by atoms with Crippen LogP contribution in [0.3, 0.4) is 0 Å². The first-order valence-corrected chi connectivity index (χ1v) is 7.03. The highest BCUT2D eigenvalue weighted by atomic mass is 35.5. The number of halogens is 2. The monoisotopic (exact) mass is 349 g/mol. The molecular weight excluding hydrogens is 325 g/mol. The van der Waals surface area contributed by atoms with E-state index >= 15 is 0 Å². The van der Waals surface area contributed by atoms with E-state index in [1.807, 2.05) is 18.2 Å². The summed E-state index contributed by atoms with van der Waals surface area (Å²) in [5.41, 5.74) is 6.93. The molecule has 22 heavy (non-hydrogen) atoms. The molecular formula is C15H25Cl2N3O2. The number of methoxy groups -OCH3 is 1. The number of nitrogens with one attached hydrogen (secondary N) is 1. The smallest absolute Gasteiger partial charge is 0.239 e. The number of rotatable bonds is 6. The van der Waals surface area contributed by atoms with Gasteiger partial charge in [-0.3, -0.25) is 4.79 Å². The van der Waals surface area contributed by atoms with Gasteiger partial charge in [0.05, 0.1) is 6.61 Å². The van der Waals surface area contributed by atoms with Crippen LogP contribution in [0.25, 0.3) is 0 Å². The van der Waals surface area contributed by atoms with Crippen molar-refractivity contribution in [3.63, 3.8) is 0 Å². The Morgan fingerprint density at radius 2 is 2.09 bits per heavy atom. The van der Waals surface area contributed by atoms with E-state index in [0.29, 0.717) is 12.5 Å². The normalized spacial score (nSPS) is 18.1. The van der Waals surface area contributed by atoms with Crippen LogP contribution in [0.15, 0.2) is 30.3 Å². The molecule has 1 fully saturated rings. The molecule has 0 radical (unpaired) electrons. The zero-order valence-corrected chi connectivity index (χ0v) is 14.4. The Morgan fingerprint density at radius 3 is 2.73 bits per heavy atom. The van der Waals surface area contributed by atoms with E-state index in [1.165, 1.54) is 5.69 Å². The van der Waals surface area contributed by atoms with E-state index in [0.717, 1.165) is 19.5 Å². The lowest BCUT2D eigenvalue weighted by molar-refractivity contribution is -0.123. The molecule has 1 aromatic rings. The first-order valence-electron chi connectivity index (χ1n) is 7.03. The van der Waals surface area contributed by atoms with Gasteiger partial charge < -0.3 is 20.7 Å². The lowest BCUT2D eigenvalue weighted by Gasteiger charge is -2.19. The third-order valence-corrected chi connectivity index (χ3v) is 3.66. The molecule has 0 saturated carbocycles. The van der Waals surface area contributed by atoms with Gasteiger partial charge >= 0.3 is 0 Å². The third kappa shape index (κ3) is 6.01. The number of nitrogens with zero attached hydrogens (tertiary/aromatic N) is 1. The molecule has 0 aromatic heterocycles. The number of amides is 1. The topological polar surface area (TPSA) is 67.6 Å². The largest absolute Gasteiger partial charge is 0.383 e. The van der Waals surface area contributed by atoms with Crippen LogP contribution >= 0.6 is 24.8 Å². The second kappa shape index (κ2) is 10.7. The second-order valence-electron chi connectivity index (χ2n) is 5.24. The Bertz CT molecular complexity index is 434. The van der Waals surface area contributed by atoms with Gasteiger partial charge in [-0.2, -0.15) is 0 Å². The maximum atomic E-state index is 11.7. The summed E-state index contributed by atoms with van der Waals surface area (Å²) in [6.07, 6.45) is 1.09. The molecule has 1 amide bonds. The summed E-state index contributed by atoms with van der Waals surface area (Å²) in [6, 6.07) is 9.79. The minimum atomic E-state index is -0.577. The molecule has 1 heterocycles. The SMILES string of the molecule is COCC(N)C(=O)NCC1CCN(c2ccccc2)C1.Cl.Cl. The molecule has 2 unspecified atom stereocenters. The summed E-state index contributed by atoms with van der Waals surface area (Å²) in [5, 5.41) is 2.91. The molecule has 1 saturated heterocycles. The Morgan fingerprint density at radius 1 is 1.41 bits per heavy atom. The maximum Gasteiger partial charge on any atom is 0.239 e. The standard InChI is InChI=1S/C15H23N3O2.2ClH/c1-20-11-14(16)15(19)17-9-12-7-8-18(10-12)13-5-3-2-4-6-13;;/h2-6,12,14H,7-11,16H2,1H3,(H,17,19);2*1H. The summed E-state index contributed by atoms with van der Waals surface area (Å²) >= 11 is 0. The molecule has 5 nitrogen and oxygen atoms in total. The summed E-state index contributed by atoms with van der Waals surface area (Å²) in [5.74, 6) is 0.346. The number of nitrogens with two attached hydrogens (primary N) is 1. The number of ether oxygens (including phenoxy) is 1. The highest BCUT2D eigenvalue weighted by Gasteiger charge is 2.23. The van der Waals surface area contributed by atoms with Crippen LogP contribution in [0.5, 0.6) is 0 Å². The zero-order chi connectivity index (χ0) is 14.4. The number of hydrogen-bond donors (Lipinski definition) is 2. The summed E-state index contributed by atoms with van der Waals surface area (Å²) < 4.78 is 4.88. The fourth-order valence-corrected chi connectivity index (χ4v) is 2.50. The molecule has 2 rings (SSSR count). The van der Waals surface area contributed by atoms with Crippen LogP contribution in [0, 0.1) is 5.92 Å². The lowest BCUT2D eigenvalue weighted by atomic mass is 10.1. The van der Waals surface area contributed by atoms with Gasteiger partial charge in [-0.05, 0) is 24.5 Å². The van der Waals surface area contributed by atoms with Gasteiger partial charge in [0.15, 0.2) is 0 Å². The van der Waals surface area contributed by atoms with Crippen molar-refractivity contribution in [1.29, 1.82) is 0 Å². The first-order chi connectivity index (χ1) is 9.70. The van der Waals surface area contributed by atoms with Crippen molar-refractivity contribution in [1.82, 2.24) is 5.32 Å². The third-order valence-electron chi connectivity index (χ3n) is 3.66. The van der Waals surface area contributed by atoms with Crippen molar-refractivity contribution >= 4 is 36.4 Å². The molecule has 7 heteroatoms. The number of carbonyl (C=O) groups is 1. The molecule has 1 aromatic carbocycles. The highest BCUT2D eigenvalue weighted by molar-refractivity contribution is 5.85. The zero-order valence-electron chi connectivity index (χ0n) is 12.7. The number of para-hydroxylation sites is 1.